The number of hydrogen-bond acceptors (Lipinski definition) is 6. The van der Waals surface area contributed by atoms with Gasteiger partial charge < -0.3 is 24.3 Å². The summed E-state index contributed by atoms with van der Waals surface area (Å²) in [6.07, 6.45) is -0.212. The number of nitrogens with zero attached hydrogens (tertiary/aromatic N) is 1. The zero-order chi connectivity index (χ0) is 21.7. The van der Waals surface area contributed by atoms with Crippen LogP contribution in [0.1, 0.15) is 43.0 Å². The Bertz CT molecular complexity index is 945. The van der Waals surface area contributed by atoms with Crippen molar-refractivity contribution in [1.29, 1.82) is 0 Å². The van der Waals surface area contributed by atoms with Crippen molar-refractivity contribution in [1.82, 2.24) is 4.57 Å². The number of aliphatic carboxylic acids is 1. The lowest BCUT2D eigenvalue weighted by Crippen LogP contribution is -2.30. The molecule has 2 aromatic rings. The molecule has 0 aliphatic carbocycles. The van der Waals surface area contributed by atoms with Crippen molar-refractivity contribution in [2.24, 2.45) is 0 Å². The number of hydrogen-bond donors (Lipinski definition) is 2. The number of aryl methyl sites for hydroxylation is 1. The molecule has 1 aromatic heterocycles. The van der Waals surface area contributed by atoms with Crippen LogP contribution in [0.2, 0.25) is 0 Å². The molecule has 29 heavy (non-hydrogen) atoms. The van der Waals surface area contributed by atoms with E-state index in [1.807, 2.05) is 13.8 Å². The van der Waals surface area contributed by atoms with Crippen molar-refractivity contribution in [2.75, 3.05) is 7.11 Å². The van der Waals surface area contributed by atoms with Crippen molar-refractivity contribution in [3.8, 4) is 11.5 Å². The maximum Gasteiger partial charge on any atom is 0.323 e. The van der Waals surface area contributed by atoms with Crippen LogP contribution in [0.25, 0.3) is 0 Å². The van der Waals surface area contributed by atoms with E-state index in [0.717, 1.165) is 4.57 Å². The van der Waals surface area contributed by atoms with Crippen molar-refractivity contribution in [2.45, 2.75) is 45.8 Å². The van der Waals surface area contributed by atoms with Crippen LogP contribution in [-0.2, 0) is 20.9 Å². The molecule has 0 fully saturated rings. The number of aromatic hydroxyl groups is 1. The van der Waals surface area contributed by atoms with Crippen LogP contribution in [0.3, 0.4) is 0 Å². The zero-order valence-corrected chi connectivity index (χ0v) is 16.8. The quantitative estimate of drug-likeness (QED) is 0.651. The molecule has 0 amide bonds. The van der Waals surface area contributed by atoms with E-state index in [0.29, 0.717) is 17.0 Å². The molecule has 0 bridgehead atoms. The highest BCUT2D eigenvalue weighted by atomic mass is 16.5. The van der Waals surface area contributed by atoms with Gasteiger partial charge in [-0.2, -0.15) is 0 Å². The van der Waals surface area contributed by atoms with E-state index in [-0.39, 0.29) is 23.8 Å². The predicted molar refractivity (Wildman–Crippen MR) is 105 cm³/mol. The summed E-state index contributed by atoms with van der Waals surface area (Å²) >= 11 is 0. The number of methoxy groups -OCH3 is 1. The third-order valence-electron chi connectivity index (χ3n) is 4.42. The molecular weight excluding hydrogens is 378 g/mol. The fourth-order valence-corrected chi connectivity index (χ4v) is 3.12. The van der Waals surface area contributed by atoms with Crippen LogP contribution >= 0.6 is 0 Å². The minimum atomic E-state index is -1.19. The molecule has 0 radical (unpaired) electrons. The van der Waals surface area contributed by atoms with Gasteiger partial charge in [-0.3, -0.25) is 14.4 Å². The first-order chi connectivity index (χ1) is 13.6. The largest absolute Gasteiger partial charge is 0.507 e. The molecular formula is C21H25NO7. The molecule has 0 unspecified atom stereocenters. The molecule has 0 saturated heterocycles. The first kappa shape index (κ1) is 22.0. The molecule has 0 aliphatic heterocycles. The lowest BCUT2D eigenvalue weighted by molar-refractivity contribution is -0.141. The van der Waals surface area contributed by atoms with Crippen LogP contribution in [0.4, 0.5) is 0 Å². The number of aromatic nitrogens is 1. The Morgan fingerprint density at radius 1 is 1.17 bits per heavy atom. The number of carbonyl (C=O) groups excluding carboxylic acids is 1. The summed E-state index contributed by atoms with van der Waals surface area (Å²) in [7, 11) is 1.23. The highest BCUT2D eigenvalue weighted by Crippen LogP contribution is 2.33. The van der Waals surface area contributed by atoms with E-state index in [1.165, 1.54) is 20.1 Å². The third kappa shape index (κ3) is 5.37. The average Bonchev–Trinajstić information content (AvgIpc) is 2.64. The number of ether oxygens (including phenoxy) is 2. The fraction of sp³-hybridized carbons (Fsp3) is 0.381. The van der Waals surface area contributed by atoms with Gasteiger partial charge in [0.15, 0.2) is 0 Å². The van der Waals surface area contributed by atoms with Gasteiger partial charge in [-0.15, -0.1) is 0 Å². The second-order valence-electron chi connectivity index (χ2n) is 6.94. The Labute approximate surface area is 168 Å². The lowest BCUT2D eigenvalue weighted by Gasteiger charge is -2.20. The van der Waals surface area contributed by atoms with Crippen molar-refractivity contribution < 1.29 is 29.3 Å². The van der Waals surface area contributed by atoms with E-state index in [9.17, 15) is 19.5 Å². The summed E-state index contributed by atoms with van der Waals surface area (Å²) in [5, 5.41) is 19.6. The molecule has 8 heteroatoms. The Hall–Kier alpha value is -3.29. The molecule has 1 heterocycles. The van der Waals surface area contributed by atoms with Crippen LogP contribution in [-0.4, -0.2) is 39.9 Å². The maximum absolute atomic E-state index is 13.0. The van der Waals surface area contributed by atoms with E-state index in [4.69, 9.17) is 14.6 Å². The molecule has 2 rings (SSSR count). The van der Waals surface area contributed by atoms with Crippen molar-refractivity contribution >= 4 is 11.9 Å². The molecule has 8 nitrogen and oxygen atoms in total. The molecule has 1 atom stereocenters. The fourth-order valence-electron chi connectivity index (χ4n) is 3.12. The van der Waals surface area contributed by atoms with Gasteiger partial charge in [0, 0.05) is 11.6 Å². The smallest absolute Gasteiger partial charge is 0.323 e. The standard InChI is InChI=1S/C21H25NO7/c1-12(2)29-15-7-5-14(6-8-15)16(10-19(26)28-4)20-17(23)9-13(3)22(21(20)27)11-18(24)25/h5-9,12,16,23H,10-11H2,1-4H3,(H,24,25)/t16-/m1/s1. The molecule has 0 aliphatic rings. The second kappa shape index (κ2) is 9.27. The molecule has 0 spiro atoms. The maximum atomic E-state index is 13.0. The third-order valence-corrected chi connectivity index (χ3v) is 4.42. The summed E-state index contributed by atoms with van der Waals surface area (Å²) in [6.45, 7) is 4.76. The van der Waals surface area contributed by atoms with Gasteiger partial charge in [0.05, 0.1) is 25.2 Å². The van der Waals surface area contributed by atoms with E-state index < -0.39 is 30.0 Å². The number of carboxylic acids is 1. The average molecular weight is 403 g/mol. The van der Waals surface area contributed by atoms with Crippen LogP contribution in [0, 0.1) is 6.92 Å². The van der Waals surface area contributed by atoms with E-state index in [2.05, 4.69) is 0 Å². The van der Waals surface area contributed by atoms with Gasteiger partial charge in [-0.25, -0.2) is 0 Å². The minimum Gasteiger partial charge on any atom is -0.507 e. The molecule has 0 saturated carbocycles. The summed E-state index contributed by atoms with van der Waals surface area (Å²) in [4.78, 5) is 36.2. The van der Waals surface area contributed by atoms with Gasteiger partial charge in [-0.05, 0) is 44.5 Å². The Balaban J connectivity index is 2.60. The number of benzene rings is 1. The Morgan fingerprint density at radius 3 is 2.31 bits per heavy atom. The Morgan fingerprint density at radius 2 is 1.79 bits per heavy atom. The summed E-state index contributed by atoms with van der Waals surface area (Å²) < 4.78 is 11.4. The van der Waals surface area contributed by atoms with E-state index >= 15 is 0 Å². The SMILES string of the molecule is COC(=O)C[C@H](c1ccc(OC(C)C)cc1)c1c(O)cc(C)n(CC(=O)O)c1=O. The topological polar surface area (TPSA) is 115 Å². The van der Waals surface area contributed by atoms with Crippen molar-refractivity contribution in [3.05, 3.63) is 57.5 Å². The number of esters is 1. The monoisotopic (exact) mass is 403 g/mol. The summed E-state index contributed by atoms with van der Waals surface area (Å²) in [5.41, 5.74) is 0.168. The minimum absolute atomic E-state index is 0.0175. The second-order valence-corrected chi connectivity index (χ2v) is 6.94. The molecule has 1 aromatic carbocycles. The summed E-state index contributed by atoms with van der Waals surface area (Å²) in [5.74, 6) is -2.25. The highest BCUT2D eigenvalue weighted by molar-refractivity contribution is 5.71. The summed E-state index contributed by atoms with van der Waals surface area (Å²) in [6, 6.07) is 8.14. The molecule has 2 N–H and O–H groups in total. The lowest BCUT2D eigenvalue weighted by atomic mass is 9.88. The van der Waals surface area contributed by atoms with Gasteiger partial charge in [0.25, 0.3) is 5.56 Å². The number of carboxylic acid groups (broad SMARTS) is 1. The first-order valence-electron chi connectivity index (χ1n) is 9.12. The Kier molecular flexibility index (Phi) is 7.03. The van der Waals surface area contributed by atoms with Gasteiger partial charge in [0.1, 0.15) is 18.0 Å². The van der Waals surface area contributed by atoms with Gasteiger partial charge >= 0.3 is 11.9 Å². The van der Waals surface area contributed by atoms with Crippen molar-refractivity contribution in [3.63, 3.8) is 0 Å². The first-order valence-corrected chi connectivity index (χ1v) is 9.12. The van der Waals surface area contributed by atoms with Gasteiger partial charge in [-0.1, -0.05) is 12.1 Å². The predicted octanol–water partition coefficient (Wildman–Crippen LogP) is 2.43. The number of carbonyl (C=O) groups is 2. The number of pyridine rings is 1. The van der Waals surface area contributed by atoms with Crippen LogP contribution < -0.4 is 10.3 Å². The molecule has 156 valence electrons. The number of rotatable bonds is 8. The van der Waals surface area contributed by atoms with Gasteiger partial charge in [0.2, 0.25) is 0 Å². The normalized spacial score (nSPS) is 11.9. The zero-order valence-electron chi connectivity index (χ0n) is 16.8. The highest BCUT2D eigenvalue weighted by Gasteiger charge is 2.27. The van der Waals surface area contributed by atoms with E-state index in [1.54, 1.807) is 24.3 Å². The van der Waals surface area contributed by atoms with Crippen LogP contribution in [0.5, 0.6) is 11.5 Å². The van der Waals surface area contributed by atoms with Crippen LogP contribution in [0.15, 0.2) is 35.1 Å².